The maximum absolute atomic E-state index is 12.3. The van der Waals surface area contributed by atoms with Crippen LogP contribution in [0.3, 0.4) is 0 Å². The molecule has 0 amide bonds. The molecule has 0 aromatic rings. The highest BCUT2D eigenvalue weighted by Gasteiger charge is 2.46. The maximum Gasteiger partial charge on any atom is 0.310 e. The van der Waals surface area contributed by atoms with E-state index in [4.69, 9.17) is 4.74 Å². The summed E-state index contributed by atoms with van der Waals surface area (Å²) < 4.78 is 5.09. The van der Waals surface area contributed by atoms with Crippen LogP contribution in [-0.2, 0) is 9.53 Å². The molecule has 3 aliphatic rings. The van der Waals surface area contributed by atoms with Crippen molar-refractivity contribution in [3.05, 3.63) is 22.8 Å². The topological polar surface area (TPSA) is 38.3 Å². The molecule has 0 spiro atoms. The van der Waals surface area contributed by atoms with E-state index in [1.165, 1.54) is 30.2 Å². The van der Waals surface area contributed by atoms with Gasteiger partial charge in [0.05, 0.1) is 13.0 Å². The van der Waals surface area contributed by atoms with E-state index in [2.05, 4.69) is 25.2 Å². The summed E-state index contributed by atoms with van der Waals surface area (Å²) in [6.45, 7) is 4.41. The van der Waals surface area contributed by atoms with Crippen LogP contribution in [0.4, 0.5) is 0 Å². The van der Waals surface area contributed by atoms with Crippen LogP contribution in [0.1, 0.15) is 46.0 Å². The van der Waals surface area contributed by atoms with Crippen molar-refractivity contribution in [2.45, 2.75) is 58.0 Å². The first-order chi connectivity index (χ1) is 9.60. The second-order valence-corrected chi connectivity index (χ2v) is 6.62. The third kappa shape index (κ3) is 2.32. The summed E-state index contributed by atoms with van der Waals surface area (Å²) in [4.78, 5) is 12.3. The van der Waals surface area contributed by atoms with Crippen LogP contribution in [0.25, 0.3) is 0 Å². The summed E-state index contributed by atoms with van der Waals surface area (Å²) in [5, 5.41) is 3.60. The largest absolute Gasteiger partial charge is 0.469 e. The van der Waals surface area contributed by atoms with Crippen molar-refractivity contribution in [3.63, 3.8) is 0 Å². The predicted octanol–water partition coefficient (Wildman–Crippen LogP) is 2.97. The summed E-state index contributed by atoms with van der Waals surface area (Å²) in [6, 6.07) is 0.915. The fourth-order valence-corrected chi connectivity index (χ4v) is 4.19. The van der Waals surface area contributed by atoms with E-state index < -0.39 is 0 Å². The molecular formula is C17H25NO2. The Hall–Kier alpha value is -1.09. The lowest BCUT2D eigenvalue weighted by Gasteiger charge is -2.38. The van der Waals surface area contributed by atoms with Crippen LogP contribution in [-0.4, -0.2) is 25.2 Å². The van der Waals surface area contributed by atoms with E-state index in [1.54, 1.807) is 0 Å². The Morgan fingerprint density at radius 2 is 2.10 bits per heavy atom. The van der Waals surface area contributed by atoms with Gasteiger partial charge < -0.3 is 10.1 Å². The van der Waals surface area contributed by atoms with Gasteiger partial charge in [0.15, 0.2) is 0 Å². The lowest BCUT2D eigenvalue weighted by Crippen LogP contribution is -2.49. The van der Waals surface area contributed by atoms with Crippen LogP contribution in [0.5, 0.6) is 0 Å². The molecule has 1 N–H and O–H groups in total. The summed E-state index contributed by atoms with van der Waals surface area (Å²) in [5.74, 6) is 0.359. The number of ether oxygens (including phenoxy) is 1. The highest BCUT2D eigenvalue weighted by Crippen LogP contribution is 2.43. The minimum Gasteiger partial charge on any atom is -0.469 e. The number of carbonyl (C=O) groups is 1. The third-order valence-electron chi connectivity index (χ3n) is 5.49. The smallest absolute Gasteiger partial charge is 0.310 e. The fraction of sp³-hybridized carbons (Fsp3) is 0.706. The number of methoxy groups -OCH3 is 1. The van der Waals surface area contributed by atoms with Crippen molar-refractivity contribution in [2.24, 2.45) is 11.8 Å². The van der Waals surface area contributed by atoms with Crippen molar-refractivity contribution in [2.75, 3.05) is 7.11 Å². The number of hydrogen-bond acceptors (Lipinski definition) is 3. The number of carbonyl (C=O) groups excluding carboxylic acids is 1. The van der Waals surface area contributed by atoms with Gasteiger partial charge in [0.25, 0.3) is 0 Å². The molecule has 0 saturated carbocycles. The van der Waals surface area contributed by atoms with E-state index >= 15 is 0 Å². The summed E-state index contributed by atoms with van der Waals surface area (Å²) in [6.07, 6.45) is 8.00. The lowest BCUT2D eigenvalue weighted by molar-refractivity contribution is -0.148. The zero-order valence-corrected chi connectivity index (χ0v) is 12.7. The van der Waals surface area contributed by atoms with Crippen molar-refractivity contribution >= 4 is 5.97 Å². The molecule has 2 saturated heterocycles. The van der Waals surface area contributed by atoms with Gasteiger partial charge in [0.2, 0.25) is 0 Å². The van der Waals surface area contributed by atoms with Crippen molar-refractivity contribution < 1.29 is 9.53 Å². The molecule has 0 aromatic heterocycles. The molecule has 2 heterocycles. The Labute approximate surface area is 121 Å². The minimum absolute atomic E-state index is 0.0104. The molecular weight excluding hydrogens is 250 g/mol. The zero-order chi connectivity index (χ0) is 14.3. The molecule has 3 rings (SSSR count). The number of esters is 1. The number of piperidine rings is 1. The third-order valence-corrected chi connectivity index (χ3v) is 5.49. The summed E-state index contributed by atoms with van der Waals surface area (Å²) in [5.41, 5.74) is 4.35. The Kier molecular flexibility index (Phi) is 3.72. The molecule has 3 heteroatoms. The maximum atomic E-state index is 12.3. The molecule has 1 aliphatic carbocycles. The molecule has 110 valence electrons. The number of fused-ring (bicyclic) bond motifs is 2. The van der Waals surface area contributed by atoms with Gasteiger partial charge in [-0.1, -0.05) is 22.8 Å². The first kappa shape index (κ1) is 13.9. The van der Waals surface area contributed by atoms with E-state index in [9.17, 15) is 4.79 Å². The second-order valence-electron chi connectivity index (χ2n) is 6.62. The molecule has 2 bridgehead atoms. The van der Waals surface area contributed by atoms with Crippen LogP contribution >= 0.6 is 0 Å². The second kappa shape index (κ2) is 5.36. The van der Waals surface area contributed by atoms with Gasteiger partial charge >= 0.3 is 5.97 Å². The van der Waals surface area contributed by atoms with Crippen molar-refractivity contribution in [1.82, 2.24) is 5.32 Å². The van der Waals surface area contributed by atoms with Gasteiger partial charge in [-0.15, -0.1) is 0 Å². The first-order valence-electron chi connectivity index (χ1n) is 7.81. The Bertz CT molecular complexity index is 477. The quantitative estimate of drug-likeness (QED) is 0.787. The average Bonchev–Trinajstić information content (AvgIpc) is 2.82. The minimum atomic E-state index is -0.0299. The highest BCUT2D eigenvalue weighted by atomic mass is 16.5. The van der Waals surface area contributed by atoms with Crippen LogP contribution in [0, 0.1) is 11.8 Å². The Balaban J connectivity index is 1.90. The van der Waals surface area contributed by atoms with E-state index in [-0.39, 0.29) is 11.9 Å². The standard InChI is InChI=1S/C17H25NO2/c1-10-4-5-12(8-11(10)2)14-9-13-6-7-15(18-13)16(14)17(19)20-3/h8,13-16,18H,4-7,9H2,1-3H3. The molecule has 0 radical (unpaired) electrons. The Morgan fingerprint density at radius 1 is 1.30 bits per heavy atom. The fourth-order valence-electron chi connectivity index (χ4n) is 4.19. The molecule has 0 aromatic carbocycles. The SMILES string of the molecule is COC(=O)C1C2CCC(CC1C1=CC(C)=C(C)CC1)N2. The number of rotatable bonds is 2. The van der Waals surface area contributed by atoms with Gasteiger partial charge in [0, 0.05) is 12.1 Å². The summed E-state index contributed by atoms with van der Waals surface area (Å²) >= 11 is 0. The predicted molar refractivity (Wildman–Crippen MR) is 79.2 cm³/mol. The molecule has 4 unspecified atom stereocenters. The average molecular weight is 275 g/mol. The molecule has 20 heavy (non-hydrogen) atoms. The number of nitrogens with one attached hydrogen (secondary N) is 1. The highest BCUT2D eigenvalue weighted by molar-refractivity contribution is 5.74. The molecule has 2 aliphatic heterocycles. The number of hydrogen-bond donors (Lipinski definition) is 1. The first-order valence-corrected chi connectivity index (χ1v) is 7.81. The zero-order valence-electron chi connectivity index (χ0n) is 12.7. The van der Waals surface area contributed by atoms with Gasteiger partial charge in [-0.05, 0) is 51.9 Å². The van der Waals surface area contributed by atoms with Gasteiger partial charge in [-0.3, -0.25) is 4.79 Å². The number of allylic oxidation sites excluding steroid dienone is 4. The van der Waals surface area contributed by atoms with Gasteiger partial charge in [-0.2, -0.15) is 0 Å². The normalized spacial score (nSPS) is 36.9. The van der Waals surface area contributed by atoms with Crippen LogP contribution in [0.2, 0.25) is 0 Å². The van der Waals surface area contributed by atoms with Crippen LogP contribution < -0.4 is 5.32 Å². The van der Waals surface area contributed by atoms with Gasteiger partial charge in [-0.25, -0.2) is 0 Å². The van der Waals surface area contributed by atoms with E-state index in [0.29, 0.717) is 18.0 Å². The van der Waals surface area contributed by atoms with Gasteiger partial charge in [0.1, 0.15) is 0 Å². The summed E-state index contributed by atoms with van der Waals surface area (Å²) in [7, 11) is 1.52. The van der Waals surface area contributed by atoms with Crippen molar-refractivity contribution in [3.8, 4) is 0 Å². The van der Waals surface area contributed by atoms with Crippen molar-refractivity contribution in [1.29, 1.82) is 0 Å². The molecule has 4 atom stereocenters. The van der Waals surface area contributed by atoms with E-state index in [1.807, 2.05) is 0 Å². The lowest BCUT2D eigenvalue weighted by atomic mass is 9.73. The molecule has 3 nitrogen and oxygen atoms in total. The van der Waals surface area contributed by atoms with E-state index in [0.717, 1.165) is 25.7 Å². The Morgan fingerprint density at radius 3 is 2.80 bits per heavy atom. The molecule has 2 fully saturated rings. The monoisotopic (exact) mass is 275 g/mol. The van der Waals surface area contributed by atoms with Crippen LogP contribution in [0.15, 0.2) is 22.8 Å².